The molecule has 8 heteroatoms. The highest BCUT2D eigenvalue weighted by molar-refractivity contribution is 7.37. The lowest BCUT2D eigenvalue weighted by Gasteiger charge is -2.04. The van der Waals surface area contributed by atoms with Gasteiger partial charge >= 0.3 is 8.18 Å². The van der Waals surface area contributed by atoms with Crippen molar-refractivity contribution >= 4 is 20.2 Å². The zero-order chi connectivity index (χ0) is 12.0. The van der Waals surface area contributed by atoms with E-state index in [0.717, 1.165) is 0 Å². The Hall–Kier alpha value is -1.72. The first kappa shape index (κ1) is 12.4. The standard InChI is InChI=1S/C8H9N2O5P/c11-6-5-9-16(14)15-8-3-1-7(2-4-8)10(12)13/h1-4,6,16H,5H2,(H,9,14). The van der Waals surface area contributed by atoms with E-state index in [2.05, 4.69) is 5.09 Å². The maximum atomic E-state index is 11.1. The molecule has 1 aromatic rings. The Bertz CT molecular complexity index is 405. The summed E-state index contributed by atoms with van der Waals surface area (Å²) in [5, 5.41) is 12.7. The van der Waals surface area contributed by atoms with Crippen LogP contribution in [0.3, 0.4) is 0 Å². The number of carbonyl (C=O) groups is 1. The van der Waals surface area contributed by atoms with Crippen molar-refractivity contribution in [2.24, 2.45) is 0 Å². The molecule has 0 heterocycles. The summed E-state index contributed by atoms with van der Waals surface area (Å²) < 4.78 is 16.1. The van der Waals surface area contributed by atoms with Crippen LogP contribution in [0.4, 0.5) is 5.69 Å². The van der Waals surface area contributed by atoms with Crippen LogP contribution in [-0.4, -0.2) is 17.8 Å². The second-order valence-corrected chi connectivity index (χ2v) is 3.82. The SMILES string of the molecule is O=CCN[PH](=O)Oc1ccc([N+](=O)[O-])cc1. The van der Waals surface area contributed by atoms with Crippen molar-refractivity contribution in [2.75, 3.05) is 6.54 Å². The van der Waals surface area contributed by atoms with Gasteiger partial charge in [-0.3, -0.25) is 14.7 Å². The number of hydrogen-bond acceptors (Lipinski definition) is 5. The van der Waals surface area contributed by atoms with E-state index >= 15 is 0 Å². The minimum absolute atomic E-state index is 0.0647. The molecule has 1 unspecified atom stereocenters. The van der Waals surface area contributed by atoms with Crippen LogP contribution >= 0.6 is 8.18 Å². The zero-order valence-electron chi connectivity index (χ0n) is 8.08. The molecule has 1 aromatic carbocycles. The highest BCUT2D eigenvalue weighted by Gasteiger charge is 2.05. The Balaban J connectivity index is 2.58. The predicted molar refractivity (Wildman–Crippen MR) is 56.8 cm³/mol. The fourth-order valence-corrected chi connectivity index (χ4v) is 1.58. The van der Waals surface area contributed by atoms with E-state index in [1.54, 1.807) is 0 Å². The van der Waals surface area contributed by atoms with Crippen LogP contribution in [0.1, 0.15) is 0 Å². The molecule has 1 atom stereocenters. The van der Waals surface area contributed by atoms with Gasteiger partial charge < -0.3 is 9.32 Å². The van der Waals surface area contributed by atoms with Crippen LogP contribution in [0.25, 0.3) is 0 Å². The Labute approximate surface area is 91.5 Å². The van der Waals surface area contributed by atoms with Crippen LogP contribution in [0.5, 0.6) is 5.75 Å². The van der Waals surface area contributed by atoms with E-state index in [0.29, 0.717) is 6.29 Å². The molecular formula is C8H9N2O5P. The third kappa shape index (κ3) is 3.80. The average molecular weight is 244 g/mol. The Morgan fingerprint density at radius 2 is 2.06 bits per heavy atom. The summed E-state index contributed by atoms with van der Waals surface area (Å²) in [6.45, 7) is -0.0647. The van der Waals surface area contributed by atoms with Crippen LogP contribution in [0, 0.1) is 10.1 Å². The third-order valence-electron chi connectivity index (χ3n) is 1.59. The Morgan fingerprint density at radius 1 is 1.44 bits per heavy atom. The number of carbonyl (C=O) groups excluding carboxylic acids is 1. The van der Waals surface area contributed by atoms with E-state index < -0.39 is 13.1 Å². The van der Waals surface area contributed by atoms with Gasteiger partial charge in [-0.1, -0.05) is 0 Å². The molecule has 0 amide bonds. The first-order valence-electron chi connectivity index (χ1n) is 4.27. The third-order valence-corrected chi connectivity index (χ3v) is 2.50. The monoisotopic (exact) mass is 244 g/mol. The van der Waals surface area contributed by atoms with Crippen molar-refractivity contribution in [3.8, 4) is 5.75 Å². The van der Waals surface area contributed by atoms with Crippen molar-refractivity contribution in [1.82, 2.24) is 5.09 Å². The molecule has 1 N–H and O–H groups in total. The van der Waals surface area contributed by atoms with Gasteiger partial charge in [-0.05, 0) is 12.1 Å². The molecule has 0 saturated carbocycles. The van der Waals surface area contributed by atoms with Gasteiger partial charge in [-0.25, -0.2) is 5.09 Å². The molecule has 0 fully saturated rings. The van der Waals surface area contributed by atoms with Gasteiger partial charge in [0.2, 0.25) is 0 Å². The van der Waals surface area contributed by atoms with E-state index in [1.807, 2.05) is 0 Å². The summed E-state index contributed by atoms with van der Waals surface area (Å²) in [4.78, 5) is 19.8. The number of aldehydes is 1. The largest absolute Gasteiger partial charge is 0.434 e. The molecule has 0 aliphatic carbocycles. The highest BCUT2D eigenvalue weighted by atomic mass is 31.1. The summed E-state index contributed by atoms with van der Waals surface area (Å²) in [5.74, 6) is 0.243. The van der Waals surface area contributed by atoms with Crippen molar-refractivity contribution < 1.29 is 18.8 Å². The minimum atomic E-state index is -2.54. The number of hydrogen-bond donors (Lipinski definition) is 1. The molecule has 7 nitrogen and oxygen atoms in total. The normalized spacial score (nSPS) is 11.8. The van der Waals surface area contributed by atoms with Gasteiger partial charge in [0.05, 0.1) is 11.5 Å². The number of rotatable bonds is 6. The molecule has 0 saturated heterocycles. The molecule has 0 aliphatic rings. The number of nitrogens with zero attached hydrogens (tertiary/aromatic N) is 1. The molecular weight excluding hydrogens is 235 g/mol. The van der Waals surface area contributed by atoms with Crippen molar-refractivity contribution in [2.45, 2.75) is 0 Å². The summed E-state index contributed by atoms with van der Waals surface area (Å²) in [6.07, 6.45) is 0.557. The molecule has 0 radical (unpaired) electrons. The van der Waals surface area contributed by atoms with Gasteiger partial charge in [-0.2, -0.15) is 0 Å². The number of non-ortho nitro benzene ring substituents is 1. The van der Waals surface area contributed by atoms with E-state index in [9.17, 15) is 19.5 Å². The lowest BCUT2D eigenvalue weighted by atomic mass is 10.3. The van der Waals surface area contributed by atoms with Gasteiger partial charge in [0.25, 0.3) is 5.69 Å². The second kappa shape index (κ2) is 5.99. The number of benzene rings is 1. The summed E-state index contributed by atoms with van der Waals surface area (Å²) in [7, 11) is -2.54. The zero-order valence-corrected chi connectivity index (χ0v) is 9.08. The first-order chi connectivity index (χ1) is 7.63. The topological polar surface area (TPSA) is 98.5 Å². The molecule has 0 bridgehead atoms. The first-order valence-corrected chi connectivity index (χ1v) is 5.59. The van der Waals surface area contributed by atoms with Crippen LogP contribution in [0.2, 0.25) is 0 Å². The lowest BCUT2D eigenvalue weighted by molar-refractivity contribution is -0.384. The van der Waals surface area contributed by atoms with Crippen molar-refractivity contribution in [3.05, 3.63) is 34.4 Å². The smallest absolute Gasteiger partial charge is 0.305 e. The molecule has 16 heavy (non-hydrogen) atoms. The minimum Gasteiger partial charge on any atom is -0.434 e. The van der Waals surface area contributed by atoms with Gasteiger partial charge in [0.15, 0.2) is 0 Å². The maximum absolute atomic E-state index is 11.1. The maximum Gasteiger partial charge on any atom is 0.305 e. The van der Waals surface area contributed by atoms with Crippen molar-refractivity contribution in [1.29, 1.82) is 0 Å². The quantitative estimate of drug-likeness (QED) is 0.349. The lowest BCUT2D eigenvalue weighted by Crippen LogP contribution is -2.08. The summed E-state index contributed by atoms with van der Waals surface area (Å²) >= 11 is 0. The summed E-state index contributed by atoms with van der Waals surface area (Å²) in [6, 6.07) is 5.15. The molecule has 86 valence electrons. The molecule has 0 spiro atoms. The average Bonchev–Trinajstić information content (AvgIpc) is 2.27. The highest BCUT2D eigenvalue weighted by Crippen LogP contribution is 2.24. The Morgan fingerprint density at radius 3 is 2.56 bits per heavy atom. The van der Waals surface area contributed by atoms with Crippen LogP contribution in [-0.2, 0) is 9.36 Å². The fraction of sp³-hybridized carbons (Fsp3) is 0.125. The van der Waals surface area contributed by atoms with Crippen LogP contribution in [0.15, 0.2) is 24.3 Å². The molecule has 1 rings (SSSR count). The van der Waals surface area contributed by atoms with Crippen molar-refractivity contribution in [3.63, 3.8) is 0 Å². The molecule has 0 aliphatic heterocycles. The number of nitro groups is 1. The number of nitro benzene ring substituents is 1. The Kier molecular flexibility index (Phi) is 4.63. The second-order valence-electron chi connectivity index (χ2n) is 2.69. The number of nitrogens with one attached hydrogen (secondary N) is 1. The summed E-state index contributed by atoms with van der Waals surface area (Å²) in [5.41, 5.74) is -0.0760. The fourth-order valence-electron chi connectivity index (χ4n) is 0.904. The van der Waals surface area contributed by atoms with Gasteiger partial charge in [-0.15, -0.1) is 0 Å². The van der Waals surface area contributed by atoms with E-state index in [-0.39, 0.29) is 18.0 Å². The van der Waals surface area contributed by atoms with Gasteiger partial charge in [0, 0.05) is 12.1 Å². The van der Waals surface area contributed by atoms with Gasteiger partial charge in [0.1, 0.15) is 12.0 Å². The van der Waals surface area contributed by atoms with E-state index in [1.165, 1.54) is 24.3 Å². The van der Waals surface area contributed by atoms with E-state index in [4.69, 9.17) is 4.52 Å². The predicted octanol–water partition coefficient (Wildman–Crippen LogP) is 1.15. The molecule has 0 aromatic heterocycles. The van der Waals surface area contributed by atoms with Crippen LogP contribution < -0.4 is 9.61 Å².